The number of nitrogens with zero attached hydrogens (tertiary/aromatic N) is 1. The van der Waals surface area contributed by atoms with Crippen molar-refractivity contribution in [2.75, 3.05) is 5.32 Å². The highest BCUT2D eigenvalue weighted by Gasteiger charge is 2.31. The van der Waals surface area contributed by atoms with Crippen LogP contribution in [0.4, 0.5) is 24.5 Å². The van der Waals surface area contributed by atoms with Crippen LogP contribution < -0.4 is 10.0 Å². The number of hydrogen-bond donors (Lipinski definition) is 1. The number of hydrogen-bond acceptors (Lipinski definition) is 2. The summed E-state index contributed by atoms with van der Waals surface area (Å²) >= 11 is 5.90. The van der Waals surface area contributed by atoms with Gasteiger partial charge in [0.25, 0.3) is 0 Å². The molecule has 0 saturated carbocycles. The molecule has 3 nitrogen and oxygen atoms in total. The molecule has 118 valence electrons. The number of rotatable bonds is 2. The fourth-order valence-corrected chi connectivity index (χ4v) is 2.45. The molecule has 0 saturated heterocycles. The summed E-state index contributed by atoms with van der Waals surface area (Å²) in [5, 5.41) is 15.4. The zero-order valence-corrected chi connectivity index (χ0v) is 12.3. The van der Waals surface area contributed by atoms with Crippen molar-refractivity contribution in [1.29, 1.82) is 0 Å². The van der Waals surface area contributed by atoms with Crippen LogP contribution in [-0.2, 0) is 6.18 Å². The predicted molar refractivity (Wildman–Crippen MR) is 82.6 cm³/mol. The molecule has 0 aliphatic heterocycles. The van der Waals surface area contributed by atoms with E-state index in [0.717, 1.165) is 18.2 Å². The Bertz CT molecular complexity index is 881. The van der Waals surface area contributed by atoms with Crippen molar-refractivity contribution in [1.82, 2.24) is 0 Å². The minimum Gasteiger partial charge on any atom is -0.618 e. The van der Waals surface area contributed by atoms with Gasteiger partial charge in [-0.25, -0.2) is 0 Å². The lowest BCUT2D eigenvalue weighted by Gasteiger charge is -2.12. The molecule has 2 aromatic carbocycles. The Morgan fingerprint density at radius 3 is 2.52 bits per heavy atom. The maximum atomic E-state index is 12.9. The predicted octanol–water partition coefficient (Wildman–Crippen LogP) is 4.89. The molecule has 0 aliphatic rings. The van der Waals surface area contributed by atoms with Gasteiger partial charge in [-0.1, -0.05) is 17.7 Å². The summed E-state index contributed by atoms with van der Waals surface area (Å²) in [6.07, 6.45) is -3.24. The van der Waals surface area contributed by atoms with Crippen LogP contribution in [0.15, 0.2) is 54.7 Å². The van der Waals surface area contributed by atoms with E-state index in [2.05, 4.69) is 5.32 Å². The van der Waals surface area contributed by atoms with Crippen molar-refractivity contribution < 1.29 is 17.9 Å². The van der Waals surface area contributed by atoms with Gasteiger partial charge in [0.15, 0.2) is 6.20 Å². The third-order valence-corrected chi connectivity index (χ3v) is 3.57. The fourth-order valence-electron chi connectivity index (χ4n) is 2.26. The van der Waals surface area contributed by atoms with Gasteiger partial charge >= 0.3 is 6.18 Å². The van der Waals surface area contributed by atoms with Crippen molar-refractivity contribution >= 4 is 33.9 Å². The van der Waals surface area contributed by atoms with Gasteiger partial charge in [-0.05, 0) is 30.3 Å². The Hall–Kier alpha value is -2.47. The maximum Gasteiger partial charge on any atom is 0.416 e. The number of alkyl halides is 3. The second kappa shape index (κ2) is 5.62. The molecule has 0 spiro atoms. The van der Waals surface area contributed by atoms with Crippen molar-refractivity contribution in [3.8, 4) is 0 Å². The topological polar surface area (TPSA) is 39.0 Å². The van der Waals surface area contributed by atoms with Crippen LogP contribution in [0.5, 0.6) is 0 Å². The second-order valence-electron chi connectivity index (χ2n) is 4.92. The van der Waals surface area contributed by atoms with Crippen LogP contribution in [-0.4, -0.2) is 0 Å². The highest BCUT2D eigenvalue weighted by Crippen LogP contribution is 2.33. The Kier molecular flexibility index (Phi) is 3.77. The normalized spacial score (nSPS) is 11.7. The van der Waals surface area contributed by atoms with Gasteiger partial charge in [0.05, 0.1) is 16.6 Å². The number of benzene rings is 2. The van der Waals surface area contributed by atoms with Crippen molar-refractivity contribution in [2.45, 2.75) is 6.18 Å². The molecular formula is C16H10ClF3N2O. The van der Waals surface area contributed by atoms with Crippen molar-refractivity contribution in [2.24, 2.45) is 0 Å². The molecule has 0 fully saturated rings. The molecule has 3 rings (SSSR count). The Balaban J connectivity index is 2.14. The Labute approximate surface area is 134 Å². The van der Waals surface area contributed by atoms with E-state index >= 15 is 0 Å². The molecule has 0 aliphatic carbocycles. The van der Waals surface area contributed by atoms with Gasteiger partial charge in [0, 0.05) is 22.8 Å². The highest BCUT2D eigenvalue weighted by atomic mass is 35.5. The monoisotopic (exact) mass is 338 g/mol. The Morgan fingerprint density at radius 2 is 1.83 bits per heavy atom. The first-order valence-electron chi connectivity index (χ1n) is 6.60. The first-order chi connectivity index (χ1) is 10.8. The van der Waals surface area contributed by atoms with Crippen LogP contribution in [0, 0.1) is 5.21 Å². The summed E-state index contributed by atoms with van der Waals surface area (Å²) in [5.41, 5.74) is 0.329. The summed E-state index contributed by atoms with van der Waals surface area (Å²) < 4.78 is 39.2. The Morgan fingerprint density at radius 1 is 1.04 bits per heavy atom. The van der Waals surface area contributed by atoms with E-state index in [-0.39, 0.29) is 10.9 Å². The number of aromatic nitrogens is 1. The van der Waals surface area contributed by atoms with E-state index in [0.29, 0.717) is 21.1 Å². The van der Waals surface area contributed by atoms with Gasteiger partial charge in [0.1, 0.15) is 0 Å². The van der Waals surface area contributed by atoms with Gasteiger partial charge in [-0.15, -0.1) is 0 Å². The number of pyridine rings is 1. The summed E-state index contributed by atoms with van der Waals surface area (Å²) in [4.78, 5) is 0. The van der Waals surface area contributed by atoms with E-state index in [1.165, 1.54) is 12.3 Å². The van der Waals surface area contributed by atoms with Gasteiger partial charge in [-0.3, -0.25) is 0 Å². The number of anilines is 2. The SMILES string of the molecule is [O-][n+]1ccc(Nc2cccc(Cl)c2)c2cc(C(F)(F)F)ccc21. The molecule has 1 N–H and O–H groups in total. The number of nitrogens with one attached hydrogen (secondary N) is 1. The summed E-state index contributed by atoms with van der Waals surface area (Å²) in [7, 11) is 0. The van der Waals surface area contributed by atoms with E-state index in [1.54, 1.807) is 24.3 Å². The van der Waals surface area contributed by atoms with E-state index in [1.807, 2.05) is 0 Å². The highest BCUT2D eigenvalue weighted by molar-refractivity contribution is 6.30. The van der Waals surface area contributed by atoms with Gasteiger partial charge < -0.3 is 10.5 Å². The van der Waals surface area contributed by atoms with Crippen molar-refractivity contribution in [3.63, 3.8) is 0 Å². The van der Waals surface area contributed by atoms with Gasteiger partial charge in [-0.2, -0.15) is 17.9 Å². The molecule has 0 bridgehead atoms. The standard InChI is InChI=1S/C16H10ClF3N2O/c17-11-2-1-3-12(9-11)21-14-6-7-22(23)15-5-4-10(8-13(14)15)16(18,19)20/h1-9,21H. The van der Waals surface area contributed by atoms with E-state index in [9.17, 15) is 18.4 Å². The average molecular weight is 339 g/mol. The molecule has 0 radical (unpaired) electrons. The van der Waals surface area contributed by atoms with Crippen LogP contribution in [0.3, 0.4) is 0 Å². The first kappa shape index (κ1) is 15.4. The molecule has 23 heavy (non-hydrogen) atoms. The van der Waals surface area contributed by atoms with Crippen LogP contribution >= 0.6 is 11.6 Å². The van der Waals surface area contributed by atoms with Crippen LogP contribution in [0.1, 0.15) is 5.56 Å². The van der Waals surface area contributed by atoms with Gasteiger partial charge in [0.2, 0.25) is 5.52 Å². The van der Waals surface area contributed by atoms with Crippen LogP contribution in [0.25, 0.3) is 10.9 Å². The number of fused-ring (bicyclic) bond motifs is 1. The molecule has 0 atom stereocenters. The smallest absolute Gasteiger partial charge is 0.416 e. The lowest BCUT2D eigenvalue weighted by atomic mass is 10.1. The lowest BCUT2D eigenvalue weighted by Crippen LogP contribution is -2.26. The molecular weight excluding hydrogens is 329 g/mol. The number of halogens is 4. The lowest BCUT2D eigenvalue weighted by molar-refractivity contribution is -0.576. The molecule has 7 heteroatoms. The molecule has 0 amide bonds. The summed E-state index contributed by atoms with van der Waals surface area (Å²) in [6, 6.07) is 11.2. The first-order valence-corrected chi connectivity index (χ1v) is 6.98. The minimum absolute atomic E-state index is 0.144. The molecule has 1 aromatic heterocycles. The minimum atomic E-state index is -4.48. The quantitative estimate of drug-likeness (QED) is 0.534. The fraction of sp³-hybridized carbons (Fsp3) is 0.0625. The summed E-state index contributed by atoms with van der Waals surface area (Å²) in [5.74, 6) is 0. The van der Waals surface area contributed by atoms with Crippen molar-refractivity contribution in [3.05, 3.63) is 70.5 Å². The third kappa shape index (κ3) is 3.17. The summed E-state index contributed by atoms with van der Waals surface area (Å²) in [6.45, 7) is 0. The zero-order chi connectivity index (χ0) is 16.6. The zero-order valence-electron chi connectivity index (χ0n) is 11.6. The third-order valence-electron chi connectivity index (χ3n) is 3.33. The molecule has 0 unspecified atom stereocenters. The van der Waals surface area contributed by atoms with E-state index in [4.69, 9.17) is 11.6 Å². The molecule has 1 heterocycles. The van der Waals surface area contributed by atoms with E-state index < -0.39 is 11.7 Å². The average Bonchev–Trinajstić information content (AvgIpc) is 2.49. The molecule has 3 aromatic rings. The largest absolute Gasteiger partial charge is 0.618 e. The maximum absolute atomic E-state index is 12.9. The van der Waals surface area contributed by atoms with Crippen LogP contribution in [0.2, 0.25) is 5.02 Å². The second-order valence-corrected chi connectivity index (χ2v) is 5.36.